The minimum atomic E-state index is 0.301. The number of aromatic nitrogens is 2. The van der Waals surface area contributed by atoms with Gasteiger partial charge in [-0.05, 0) is 18.4 Å². The van der Waals surface area contributed by atoms with Crippen molar-refractivity contribution in [1.82, 2.24) is 14.5 Å². The highest BCUT2D eigenvalue weighted by molar-refractivity contribution is 5.78. The second-order valence-corrected chi connectivity index (χ2v) is 7.10. The first-order chi connectivity index (χ1) is 13.3. The van der Waals surface area contributed by atoms with Gasteiger partial charge in [0.25, 0.3) is 0 Å². The largest absolute Gasteiger partial charge is 0.343 e. The highest BCUT2D eigenvalue weighted by Gasteiger charge is 2.19. The molecule has 0 atom stereocenters. The highest BCUT2D eigenvalue weighted by atomic mass is 16.2. The molecule has 4 nitrogen and oxygen atoms in total. The van der Waals surface area contributed by atoms with Crippen LogP contribution in [0.3, 0.4) is 0 Å². The Bertz CT molecular complexity index is 887. The Morgan fingerprint density at radius 1 is 0.926 bits per heavy atom. The molecular weight excluding hydrogens is 334 g/mol. The molecule has 0 saturated carbocycles. The average molecular weight is 359 g/mol. The van der Waals surface area contributed by atoms with Crippen molar-refractivity contribution < 1.29 is 4.79 Å². The number of hydrogen-bond donors (Lipinski definition) is 0. The lowest BCUT2D eigenvalue weighted by molar-refractivity contribution is -0.127. The van der Waals surface area contributed by atoms with Gasteiger partial charge in [0, 0.05) is 43.7 Å². The average Bonchev–Trinajstić information content (AvgIpc) is 3.30. The van der Waals surface area contributed by atoms with E-state index in [0.29, 0.717) is 12.3 Å². The van der Waals surface area contributed by atoms with Crippen LogP contribution in [0.25, 0.3) is 11.3 Å². The van der Waals surface area contributed by atoms with Crippen molar-refractivity contribution in [3.8, 4) is 11.3 Å². The lowest BCUT2D eigenvalue weighted by Crippen LogP contribution is -2.26. The van der Waals surface area contributed by atoms with E-state index < -0.39 is 0 Å². The van der Waals surface area contributed by atoms with E-state index in [9.17, 15) is 4.79 Å². The predicted molar refractivity (Wildman–Crippen MR) is 107 cm³/mol. The fourth-order valence-electron chi connectivity index (χ4n) is 3.78. The van der Waals surface area contributed by atoms with E-state index in [1.807, 2.05) is 23.4 Å². The monoisotopic (exact) mass is 359 g/mol. The van der Waals surface area contributed by atoms with Crippen molar-refractivity contribution in [3.05, 3.63) is 78.2 Å². The summed E-state index contributed by atoms with van der Waals surface area (Å²) in [4.78, 5) is 18.5. The van der Waals surface area contributed by atoms with Gasteiger partial charge in [0.05, 0.1) is 12.0 Å². The fourth-order valence-corrected chi connectivity index (χ4v) is 3.78. The van der Waals surface area contributed by atoms with Gasteiger partial charge in [0.15, 0.2) is 0 Å². The van der Waals surface area contributed by atoms with E-state index in [0.717, 1.165) is 50.2 Å². The number of benzene rings is 2. The summed E-state index contributed by atoms with van der Waals surface area (Å²) in [7, 11) is 0. The maximum absolute atomic E-state index is 11.8. The highest BCUT2D eigenvalue weighted by Crippen LogP contribution is 2.25. The predicted octanol–water partition coefficient (Wildman–Crippen LogP) is 4.15. The zero-order chi connectivity index (χ0) is 18.5. The van der Waals surface area contributed by atoms with Gasteiger partial charge in [-0.3, -0.25) is 4.79 Å². The molecule has 1 fully saturated rings. The molecule has 3 aromatic rings. The van der Waals surface area contributed by atoms with Crippen LogP contribution in [0, 0.1) is 0 Å². The number of aryl methyl sites for hydroxylation is 1. The summed E-state index contributed by atoms with van der Waals surface area (Å²) < 4.78 is 2.26. The Kier molecular flexibility index (Phi) is 5.33. The first-order valence-electron chi connectivity index (χ1n) is 9.72. The first-order valence-corrected chi connectivity index (χ1v) is 9.72. The fraction of sp³-hybridized carbons (Fsp3) is 0.304. The third-order valence-electron chi connectivity index (χ3n) is 5.21. The Morgan fingerprint density at radius 3 is 2.37 bits per heavy atom. The molecule has 0 N–H and O–H groups in total. The summed E-state index contributed by atoms with van der Waals surface area (Å²) >= 11 is 0. The molecule has 2 aromatic carbocycles. The number of hydrogen-bond acceptors (Lipinski definition) is 2. The number of likely N-dealkylation sites (tertiary alicyclic amines) is 1. The smallest absolute Gasteiger partial charge is 0.222 e. The summed E-state index contributed by atoms with van der Waals surface area (Å²) in [6, 6.07) is 20.9. The van der Waals surface area contributed by atoms with E-state index in [1.165, 1.54) is 11.3 Å². The van der Waals surface area contributed by atoms with Crippen molar-refractivity contribution >= 4 is 5.91 Å². The van der Waals surface area contributed by atoms with Crippen LogP contribution in [0.1, 0.15) is 30.5 Å². The molecule has 4 rings (SSSR count). The van der Waals surface area contributed by atoms with Gasteiger partial charge in [0.1, 0.15) is 0 Å². The van der Waals surface area contributed by atoms with E-state index in [-0.39, 0.29) is 0 Å². The molecule has 1 amide bonds. The summed E-state index contributed by atoms with van der Waals surface area (Å²) in [5.41, 5.74) is 4.72. The number of imidazole rings is 1. The minimum absolute atomic E-state index is 0.301. The normalized spacial score (nSPS) is 14.1. The second kappa shape index (κ2) is 8.21. The maximum Gasteiger partial charge on any atom is 0.222 e. The molecule has 1 aliphatic rings. The number of carbonyl (C=O) groups is 1. The number of carbonyl (C=O) groups excluding carboxylic acids is 1. The van der Waals surface area contributed by atoms with E-state index in [2.05, 4.69) is 53.1 Å². The second-order valence-electron chi connectivity index (χ2n) is 7.10. The van der Waals surface area contributed by atoms with Gasteiger partial charge in [-0.15, -0.1) is 0 Å². The third-order valence-corrected chi connectivity index (χ3v) is 5.21. The van der Waals surface area contributed by atoms with Crippen molar-refractivity contribution in [3.63, 3.8) is 0 Å². The Labute approximate surface area is 160 Å². The molecule has 138 valence electrons. The first kappa shape index (κ1) is 17.5. The van der Waals surface area contributed by atoms with E-state index in [1.54, 1.807) is 0 Å². The molecule has 4 heteroatoms. The molecule has 1 aliphatic heterocycles. The van der Waals surface area contributed by atoms with Gasteiger partial charge in [-0.2, -0.15) is 0 Å². The van der Waals surface area contributed by atoms with Crippen LogP contribution < -0.4 is 0 Å². The zero-order valence-corrected chi connectivity index (χ0v) is 15.6. The van der Waals surface area contributed by atoms with Gasteiger partial charge in [-0.1, -0.05) is 60.7 Å². The van der Waals surface area contributed by atoms with Gasteiger partial charge < -0.3 is 9.47 Å². The summed E-state index contributed by atoms with van der Waals surface area (Å²) in [5, 5.41) is 0. The Balaban J connectivity index is 1.55. The van der Waals surface area contributed by atoms with Crippen LogP contribution in [-0.2, 0) is 17.8 Å². The molecule has 1 aromatic heterocycles. The quantitative estimate of drug-likeness (QED) is 0.635. The molecular formula is C23H25N3O. The van der Waals surface area contributed by atoms with Crippen LogP contribution in [-0.4, -0.2) is 33.4 Å². The third kappa shape index (κ3) is 4.11. The van der Waals surface area contributed by atoms with E-state index >= 15 is 0 Å². The summed E-state index contributed by atoms with van der Waals surface area (Å²) in [6.45, 7) is 2.63. The van der Waals surface area contributed by atoms with Gasteiger partial charge >= 0.3 is 0 Å². The number of nitrogens with zero attached hydrogens (tertiary/aromatic N) is 3. The molecule has 0 radical (unpaired) electrons. The minimum Gasteiger partial charge on any atom is -0.343 e. The Hall–Kier alpha value is -2.88. The lowest BCUT2D eigenvalue weighted by Gasteiger charge is -2.16. The molecule has 0 aliphatic carbocycles. The van der Waals surface area contributed by atoms with Crippen molar-refractivity contribution in [2.24, 2.45) is 0 Å². The standard InChI is InChI=1S/C23H25N3O/c27-22-13-7-14-25(22)15-8-16-26-18-24-23(20-11-5-2-6-12-20)21(26)17-19-9-3-1-4-10-19/h1-6,9-12,18H,7-8,13-17H2. The summed E-state index contributed by atoms with van der Waals surface area (Å²) in [5.74, 6) is 0.301. The SMILES string of the molecule is O=C1CCCN1CCCn1cnc(-c2ccccc2)c1Cc1ccccc1. The molecule has 0 spiro atoms. The number of rotatable bonds is 7. The lowest BCUT2D eigenvalue weighted by atomic mass is 10.0. The maximum atomic E-state index is 11.8. The molecule has 27 heavy (non-hydrogen) atoms. The molecule has 1 saturated heterocycles. The topological polar surface area (TPSA) is 38.1 Å². The summed E-state index contributed by atoms with van der Waals surface area (Å²) in [6.07, 6.45) is 5.47. The van der Waals surface area contributed by atoms with Crippen LogP contribution in [0.2, 0.25) is 0 Å². The van der Waals surface area contributed by atoms with Gasteiger partial charge in [0.2, 0.25) is 5.91 Å². The van der Waals surface area contributed by atoms with Crippen LogP contribution >= 0.6 is 0 Å². The Morgan fingerprint density at radius 2 is 1.67 bits per heavy atom. The van der Waals surface area contributed by atoms with E-state index in [4.69, 9.17) is 4.98 Å². The molecule has 0 bridgehead atoms. The van der Waals surface area contributed by atoms with Gasteiger partial charge in [-0.25, -0.2) is 4.98 Å². The van der Waals surface area contributed by atoms with Crippen molar-refractivity contribution in [2.75, 3.05) is 13.1 Å². The number of amides is 1. The van der Waals surface area contributed by atoms with Crippen LogP contribution in [0.15, 0.2) is 67.0 Å². The van der Waals surface area contributed by atoms with Crippen molar-refractivity contribution in [2.45, 2.75) is 32.2 Å². The zero-order valence-electron chi connectivity index (χ0n) is 15.6. The van der Waals surface area contributed by atoms with Crippen LogP contribution in [0.5, 0.6) is 0 Å². The van der Waals surface area contributed by atoms with Crippen molar-refractivity contribution in [1.29, 1.82) is 0 Å². The molecule has 2 heterocycles. The van der Waals surface area contributed by atoms with Crippen LogP contribution in [0.4, 0.5) is 0 Å². The molecule has 0 unspecified atom stereocenters.